The molecule has 0 saturated heterocycles. The monoisotopic (exact) mass is 220 g/mol. The molecule has 4 atom stereocenters. The van der Waals surface area contributed by atoms with Crippen LogP contribution >= 0.6 is 0 Å². The van der Waals surface area contributed by atoms with Crippen LogP contribution in [-0.2, 0) is 0 Å². The van der Waals surface area contributed by atoms with Gasteiger partial charge in [0.15, 0.2) is 0 Å². The zero-order valence-electron chi connectivity index (χ0n) is 10.8. The molecular formula is C15H24O. The molecule has 0 bridgehead atoms. The Labute approximate surface area is 98.9 Å². The van der Waals surface area contributed by atoms with Crippen LogP contribution in [-0.4, -0.2) is 11.7 Å². The summed E-state index contributed by atoms with van der Waals surface area (Å²) < 4.78 is 0. The first-order chi connectivity index (χ1) is 7.49. The summed E-state index contributed by atoms with van der Waals surface area (Å²) in [5.74, 6) is 2.32. The van der Waals surface area contributed by atoms with Crippen LogP contribution in [0.5, 0.6) is 0 Å². The van der Waals surface area contributed by atoms with Crippen LogP contribution in [0.15, 0.2) is 11.6 Å². The maximum Gasteiger partial charge on any atom is 0.0644 e. The normalized spacial score (nSPS) is 49.0. The summed E-state index contributed by atoms with van der Waals surface area (Å²) in [6, 6.07) is 0. The van der Waals surface area contributed by atoms with Gasteiger partial charge in [-0.25, -0.2) is 0 Å². The van der Waals surface area contributed by atoms with Crippen LogP contribution < -0.4 is 0 Å². The van der Waals surface area contributed by atoms with Gasteiger partial charge >= 0.3 is 0 Å². The lowest BCUT2D eigenvalue weighted by molar-refractivity contribution is 0.129. The van der Waals surface area contributed by atoms with Gasteiger partial charge in [-0.05, 0) is 59.8 Å². The molecule has 0 aromatic heterocycles. The minimum atomic E-state index is 0.302. The van der Waals surface area contributed by atoms with Crippen molar-refractivity contribution >= 4 is 0 Å². The molecule has 0 radical (unpaired) electrons. The number of hydrogen-bond acceptors (Lipinski definition) is 1. The second kappa shape index (κ2) is 3.13. The van der Waals surface area contributed by atoms with Crippen LogP contribution in [0, 0.1) is 28.6 Å². The van der Waals surface area contributed by atoms with Crippen LogP contribution in [0.3, 0.4) is 0 Å². The molecule has 0 heterocycles. The van der Waals surface area contributed by atoms with Crippen LogP contribution in [0.4, 0.5) is 0 Å². The molecule has 16 heavy (non-hydrogen) atoms. The Morgan fingerprint density at radius 1 is 1.38 bits per heavy atom. The van der Waals surface area contributed by atoms with Gasteiger partial charge in [0.2, 0.25) is 0 Å². The Kier molecular flexibility index (Phi) is 2.12. The van der Waals surface area contributed by atoms with Gasteiger partial charge in [-0.1, -0.05) is 26.8 Å². The fourth-order valence-electron chi connectivity index (χ4n) is 5.32. The first-order valence-corrected chi connectivity index (χ1v) is 6.81. The second-order valence-corrected chi connectivity index (χ2v) is 7.19. The fraction of sp³-hybridized carbons (Fsp3) is 0.867. The summed E-state index contributed by atoms with van der Waals surface area (Å²) >= 11 is 0. The van der Waals surface area contributed by atoms with E-state index in [1.165, 1.54) is 31.3 Å². The van der Waals surface area contributed by atoms with E-state index in [2.05, 4.69) is 26.8 Å². The Bertz CT molecular complexity index is 341. The number of aliphatic hydroxyl groups is 1. The molecule has 1 unspecified atom stereocenters. The van der Waals surface area contributed by atoms with E-state index in [9.17, 15) is 5.11 Å². The predicted molar refractivity (Wildman–Crippen MR) is 66.0 cm³/mol. The number of aliphatic hydroxyl groups excluding tert-OH is 1. The molecule has 2 fully saturated rings. The molecule has 3 rings (SSSR count). The Morgan fingerprint density at radius 2 is 2.12 bits per heavy atom. The molecule has 3 aliphatic carbocycles. The van der Waals surface area contributed by atoms with Crippen LogP contribution in [0.2, 0.25) is 0 Å². The molecule has 1 N–H and O–H groups in total. The standard InChI is InChI=1S/C15H24O/c1-10-4-5-13-11(8-16)6-12-7-14(2,3)9-15(10,12)13/h6,10,12-13,16H,4-5,7-9H2,1-3H3/t10-,12-,13+,15?/m1/s1. The number of rotatable bonds is 1. The second-order valence-electron chi connectivity index (χ2n) is 7.19. The maximum absolute atomic E-state index is 9.51. The van der Waals surface area contributed by atoms with E-state index in [0.717, 1.165) is 11.8 Å². The molecular weight excluding hydrogens is 196 g/mol. The quantitative estimate of drug-likeness (QED) is 0.672. The van der Waals surface area contributed by atoms with Crippen LogP contribution in [0.1, 0.15) is 46.5 Å². The van der Waals surface area contributed by atoms with E-state index >= 15 is 0 Å². The van der Waals surface area contributed by atoms with Crippen molar-refractivity contribution in [1.29, 1.82) is 0 Å². The molecule has 3 aliphatic rings. The summed E-state index contributed by atoms with van der Waals surface area (Å²) in [6.45, 7) is 7.60. The zero-order valence-corrected chi connectivity index (χ0v) is 10.8. The van der Waals surface area contributed by atoms with E-state index < -0.39 is 0 Å². The largest absolute Gasteiger partial charge is 0.392 e. The van der Waals surface area contributed by atoms with Crippen molar-refractivity contribution in [1.82, 2.24) is 0 Å². The van der Waals surface area contributed by atoms with Gasteiger partial charge in [-0.3, -0.25) is 0 Å². The van der Waals surface area contributed by atoms with Crippen molar-refractivity contribution in [2.75, 3.05) is 6.61 Å². The molecule has 1 nitrogen and oxygen atoms in total. The highest BCUT2D eigenvalue weighted by atomic mass is 16.3. The van der Waals surface area contributed by atoms with Crippen molar-refractivity contribution < 1.29 is 5.11 Å². The van der Waals surface area contributed by atoms with Gasteiger partial charge in [0.05, 0.1) is 6.61 Å². The predicted octanol–water partition coefficient (Wildman–Crippen LogP) is 3.39. The average Bonchev–Trinajstić information content (AvgIpc) is 2.73. The van der Waals surface area contributed by atoms with Crippen molar-refractivity contribution in [2.45, 2.75) is 46.5 Å². The minimum absolute atomic E-state index is 0.302. The lowest BCUT2D eigenvalue weighted by Crippen LogP contribution is -2.31. The number of allylic oxidation sites excluding steroid dienone is 1. The van der Waals surface area contributed by atoms with Gasteiger partial charge in [0.25, 0.3) is 0 Å². The third-order valence-electron chi connectivity index (χ3n) is 5.75. The van der Waals surface area contributed by atoms with E-state index in [-0.39, 0.29) is 0 Å². The van der Waals surface area contributed by atoms with E-state index in [1.54, 1.807) is 0 Å². The average molecular weight is 220 g/mol. The molecule has 90 valence electrons. The van der Waals surface area contributed by atoms with Gasteiger partial charge < -0.3 is 5.11 Å². The molecule has 0 aliphatic heterocycles. The lowest BCUT2D eigenvalue weighted by Gasteiger charge is -2.36. The van der Waals surface area contributed by atoms with E-state index in [0.29, 0.717) is 23.4 Å². The van der Waals surface area contributed by atoms with Gasteiger partial charge in [0, 0.05) is 0 Å². The van der Waals surface area contributed by atoms with Crippen LogP contribution in [0.25, 0.3) is 0 Å². The fourth-order valence-corrected chi connectivity index (χ4v) is 5.32. The number of hydrogen-bond donors (Lipinski definition) is 1. The summed E-state index contributed by atoms with van der Waals surface area (Å²) in [5.41, 5.74) is 2.41. The van der Waals surface area contributed by atoms with E-state index in [1.807, 2.05) is 0 Å². The van der Waals surface area contributed by atoms with E-state index in [4.69, 9.17) is 0 Å². The minimum Gasteiger partial charge on any atom is -0.392 e. The van der Waals surface area contributed by atoms with Gasteiger partial charge in [0.1, 0.15) is 0 Å². The molecule has 0 aromatic carbocycles. The zero-order chi connectivity index (χ0) is 11.6. The lowest BCUT2D eigenvalue weighted by atomic mass is 9.67. The Hall–Kier alpha value is -0.300. The molecule has 2 saturated carbocycles. The van der Waals surface area contributed by atoms with Gasteiger partial charge in [-0.15, -0.1) is 0 Å². The molecule has 1 spiro atoms. The highest BCUT2D eigenvalue weighted by Gasteiger charge is 2.62. The first-order valence-electron chi connectivity index (χ1n) is 6.81. The van der Waals surface area contributed by atoms with Crippen molar-refractivity contribution in [2.24, 2.45) is 28.6 Å². The summed E-state index contributed by atoms with van der Waals surface area (Å²) in [5, 5.41) is 9.51. The van der Waals surface area contributed by atoms with Crippen molar-refractivity contribution in [3.05, 3.63) is 11.6 Å². The van der Waals surface area contributed by atoms with Crippen molar-refractivity contribution in [3.63, 3.8) is 0 Å². The Balaban J connectivity index is 2.03. The molecule has 0 amide bonds. The smallest absolute Gasteiger partial charge is 0.0644 e. The first kappa shape index (κ1) is 10.8. The summed E-state index contributed by atoms with van der Waals surface area (Å²) in [6.07, 6.45) is 7.83. The highest BCUT2D eigenvalue weighted by Crippen LogP contribution is 2.70. The van der Waals surface area contributed by atoms with Gasteiger partial charge in [-0.2, -0.15) is 0 Å². The third-order valence-corrected chi connectivity index (χ3v) is 5.75. The third kappa shape index (κ3) is 1.16. The molecule has 0 aromatic rings. The SMILES string of the molecule is C[C@@H]1CC[C@H]2C(CO)=C[C@@H]3CC(C)(C)CC132. The Morgan fingerprint density at radius 3 is 2.81 bits per heavy atom. The summed E-state index contributed by atoms with van der Waals surface area (Å²) in [4.78, 5) is 0. The topological polar surface area (TPSA) is 20.2 Å². The summed E-state index contributed by atoms with van der Waals surface area (Å²) in [7, 11) is 0. The highest BCUT2D eigenvalue weighted by molar-refractivity contribution is 5.30. The molecule has 1 heteroatoms. The van der Waals surface area contributed by atoms with Crippen molar-refractivity contribution in [3.8, 4) is 0 Å². The maximum atomic E-state index is 9.51.